The van der Waals surface area contributed by atoms with Crippen molar-refractivity contribution in [2.45, 2.75) is 72.1 Å². The number of Topliss-reactive ketones (excluding diaryl/α,β-unsaturated/α-hetero) is 1. The Bertz CT molecular complexity index is 963. The Morgan fingerprint density at radius 2 is 1.47 bits per heavy atom. The average molecular weight is 505 g/mol. The minimum Gasteiger partial charge on any atom is -0.481 e. The number of alkyl carbamates (subject to hydrolysis) is 1. The van der Waals surface area contributed by atoms with Crippen molar-refractivity contribution >= 4 is 36.3 Å². The molecule has 198 valence electrons. The van der Waals surface area contributed by atoms with Gasteiger partial charge in [-0.3, -0.25) is 19.2 Å². The van der Waals surface area contributed by atoms with Gasteiger partial charge in [0.05, 0.1) is 18.0 Å². The summed E-state index contributed by atoms with van der Waals surface area (Å²) in [4.78, 5) is 74.1. The maximum Gasteiger partial charge on any atom is 0.408 e. The van der Waals surface area contributed by atoms with Crippen LogP contribution in [0.25, 0.3) is 0 Å². The van der Waals surface area contributed by atoms with E-state index >= 15 is 0 Å². The number of ketones is 1. The molecule has 0 spiro atoms. The highest BCUT2D eigenvalue weighted by atomic mass is 16.6. The molecular weight excluding hydrogens is 468 g/mol. The number of rotatable bonds is 12. The van der Waals surface area contributed by atoms with Crippen molar-refractivity contribution in [2.75, 3.05) is 0 Å². The maximum atomic E-state index is 13.7. The van der Waals surface area contributed by atoms with Crippen LogP contribution >= 0.6 is 0 Å². The lowest BCUT2D eigenvalue weighted by Crippen LogP contribution is -2.53. The second-order valence-electron chi connectivity index (χ2n) is 10.3. The minimum atomic E-state index is -1.50. The number of carbonyl (C=O) groups is 6. The van der Waals surface area contributed by atoms with Gasteiger partial charge in [0.1, 0.15) is 24.1 Å². The van der Waals surface area contributed by atoms with Gasteiger partial charge in [0.25, 0.3) is 0 Å². The summed E-state index contributed by atoms with van der Waals surface area (Å²) in [5.41, 5.74) is -0.300. The first-order chi connectivity index (χ1) is 16.6. The molecule has 10 nitrogen and oxygen atoms in total. The zero-order valence-corrected chi connectivity index (χ0v) is 21.7. The van der Waals surface area contributed by atoms with Gasteiger partial charge in [-0.2, -0.15) is 0 Å². The predicted octanol–water partition coefficient (Wildman–Crippen LogP) is 2.74. The summed E-state index contributed by atoms with van der Waals surface area (Å²) in [6, 6.07) is 3.15. The summed E-state index contributed by atoms with van der Waals surface area (Å²) in [6.07, 6.45) is 0.0815. The number of hydrogen-bond donors (Lipinski definition) is 3. The van der Waals surface area contributed by atoms with Gasteiger partial charge in [-0.25, -0.2) is 4.79 Å². The van der Waals surface area contributed by atoms with Crippen LogP contribution in [-0.4, -0.2) is 59.1 Å². The third kappa shape index (κ3) is 8.58. The molecule has 0 aliphatic rings. The van der Waals surface area contributed by atoms with Crippen LogP contribution in [0.15, 0.2) is 24.3 Å². The Morgan fingerprint density at radius 1 is 0.917 bits per heavy atom. The van der Waals surface area contributed by atoms with E-state index in [0.717, 1.165) is 0 Å². The van der Waals surface area contributed by atoms with Crippen molar-refractivity contribution < 1.29 is 38.6 Å². The highest BCUT2D eigenvalue weighted by molar-refractivity contribution is 6.10. The number of aliphatic carboxylic acids is 1. The number of carboxylic acids is 1. The fourth-order valence-electron chi connectivity index (χ4n) is 3.70. The van der Waals surface area contributed by atoms with Crippen LogP contribution < -0.4 is 10.6 Å². The number of benzene rings is 1. The lowest BCUT2D eigenvalue weighted by molar-refractivity contribution is -0.146. The molecule has 0 fully saturated rings. The molecule has 36 heavy (non-hydrogen) atoms. The molecule has 1 aromatic rings. The molecule has 0 saturated heterocycles. The molecule has 0 heterocycles. The van der Waals surface area contributed by atoms with Crippen molar-refractivity contribution in [3.63, 3.8) is 0 Å². The lowest BCUT2D eigenvalue weighted by Gasteiger charge is -2.29. The van der Waals surface area contributed by atoms with Gasteiger partial charge in [-0.05, 0) is 38.2 Å². The first-order valence-corrected chi connectivity index (χ1v) is 11.7. The summed E-state index contributed by atoms with van der Waals surface area (Å²) in [7, 11) is 0. The van der Waals surface area contributed by atoms with Crippen molar-refractivity contribution in [1.82, 2.24) is 10.6 Å². The summed E-state index contributed by atoms with van der Waals surface area (Å²) < 4.78 is 5.26. The standard InChI is InChI=1S/C26H36N2O8/c1-14(2)19(24(33)34)18(13-30)27-23(32)20(17-10-8-16(12-29)9-11-17)22(31)21(15(3)4)28-25(35)36-26(5,6)7/h8-15,18-21H,1-7H3,(H,27,32)(H,28,35)(H,33,34)/t18-,19?,20?,21+/m1/s1. The normalized spacial score (nSPS) is 14.8. The molecule has 2 amide bonds. The van der Waals surface area contributed by atoms with Crippen molar-refractivity contribution in [2.24, 2.45) is 17.8 Å². The summed E-state index contributed by atoms with van der Waals surface area (Å²) in [5, 5.41) is 14.5. The molecule has 4 atom stereocenters. The fourth-order valence-corrected chi connectivity index (χ4v) is 3.70. The highest BCUT2D eigenvalue weighted by Gasteiger charge is 2.39. The quantitative estimate of drug-likeness (QED) is 0.290. The largest absolute Gasteiger partial charge is 0.481 e. The van der Waals surface area contributed by atoms with E-state index in [1.54, 1.807) is 48.5 Å². The van der Waals surface area contributed by atoms with Crippen LogP contribution in [0.2, 0.25) is 0 Å². The van der Waals surface area contributed by atoms with Gasteiger partial charge in [-0.1, -0.05) is 52.0 Å². The molecule has 0 aliphatic heterocycles. The zero-order valence-electron chi connectivity index (χ0n) is 21.7. The molecular formula is C26H36N2O8. The second kappa shape index (κ2) is 12.9. The molecule has 3 N–H and O–H groups in total. The molecule has 0 aliphatic carbocycles. The number of nitrogens with one attached hydrogen (secondary N) is 2. The molecule has 0 saturated carbocycles. The lowest BCUT2D eigenvalue weighted by atomic mass is 9.84. The van der Waals surface area contributed by atoms with Crippen LogP contribution in [-0.2, 0) is 23.9 Å². The Hall–Kier alpha value is -3.56. The number of carboxylic acid groups (broad SMARTS) is 1. The number of aldehydes is 2. The Balaban J connectivity index is 3.45. The van der Waals surface area contributed by atoms with Crippen LogP contribution in [0.4, 0.5) is 4.79 Å². The number of amides is 2. The van der Waals surface area contributed by atoms with Crippen LogP contribution in [0.3, 0.4) is 0 Å². The number of carbonyl (C=O) groups excluding carboxylic acids is 5. The van der Waals surface area contributed by atoms with E-state index in [1.807, 2.05) is 0 Å². The van der Waals surface area contributed by atoms with Gasteiger partial charge < -0.3 is 25.3 Å². The van der Waals surface area contributed by atoms with Crippen molar-refractivity contribution in [3.05, 3.63) is 35.4 Å². The van der Waals surface area contributed by atoms with E-state index in [0.29, 0.717) is 18.1 Å². The van der Waals surface area contributed by atoms with E-state index < -0.39 is 65.1 Å². The monoisotopic (exact) mass is 504 g/mol. The van der Waals surface area contributed by atoms with Crippen LogP contribution in [0, 0.1) is 17.8 Å². The molecule has 1 aromatic carbocycles. The molecule has 0 bridgehead atoms. The summed E-state index contributed by atoms with van der Waals surface area (Å²) in [5.74, 6) is -6.52. The molecule has 1 rings (SSSR count). The SMILES string of the molecule is CC(C)C(C(=O)O)[C@@H](C=O)NC(=O)C(C(=O)[C@@H](NC(=O)OC(C)(C)C)C(C)C)c1ccc(C=O)cc1. The van der Waals surface area contributed by atoms with E-state index in [4.69, 9.17) is 4.74 Å². The Kier molecular flexibility index (Phi) is 11.0. The van der Waals surface area contributed by atoms with E-state index in [9.17, 15) is 33.9 Å². The maximum absolute atomic E-state index is 13.7. The highest BCUT2D eigenvalue weighted by Crippen LogP contribution is 2.24. The van der Waals surface area contributed by atoms with Crippen molar-refractivity contribution in [1.29, 1.82) is 0 Å². The fraction of sp³-hybridized carbons (Fsp3) is 0.538. The molecule has 10 heteroatoms. The molecule has 0 aromatic heterocycles. The molecule has 0 radical (unpaired) electrons. The average Bonchev–Trinajstić information content (AvgIpc) is 2.75. The van der Waals surface area contributed by atoms with Gasteiger partial charge in [0.2, 0.25) is 5.91 Å². The van der Waals surface area contributed by atoms with E-state index in [2.05, 4.69) is 10.6 Å². The van der Waals surface area contributed by atoms with E-state index in [1.165, 1.54) is 24.3 Å². The third-order valence-corrected chi connectivity index (χ3v) is 5.44. The van der Waals surface area contributed by atoms with Crippen LogP contribution in [0.5, 0.6) is 0 Å². The third-order valence-electron chi connectivity index (χ3n) is 5.44. The molecule has 2 unspecified atom stereocenters. The Morgan fingerprint density at radius 3 is 1.86 bits per heavy atom. The second-order valence-corrected chi connectivity index (χ2v) is 10.3. The Labute approximate surface area is 211 Å². The van der Waals surface area contributed by atoms with Crippen molar-refractivity contribution in [3.8, 4) is 0 Å². The van der Waals surface area contributed by atoms with Gasteiger partial charge >= 0.3 is 12.1 Å². The summed E-state index contributed by atoms with van der Waals surface area (Å²) in [6.45, 7) is 11.5. The van der Waals surface area contributed by atoms with Gasteiger partial charge in [0, 0.05) is 5.56 Å². The van der Waals surface area contributed by atoms with Gasteiger partial charge in [-0.15, -0.1) is 0 Å². The van der Waals surface area contributed by atoms with Gasteiger partial charge in [0.15, 0.2) is 5.78 Å². The zero-order chi connectivity index (χ0) is 27.8. The smallest absolute Gasteiger partial charge is 0.408 e. The number of hydrogen-bond acceptors (Lipinski definition) is 7. The predicted molar refractivity (Wildman–Crippen MR) is 132 cm³/mol. The summed E-state index contributed by atoms with van der Waals surface area (Å²) >= 11 is 0. The first-order valence-electron chi connectivity index (χ1n) is 11.7. The minimum absolute atomic E-state index is 0.209. The first kappa shape index (κ1) is 30.5. The van der Waals surface area contributed by atoms with E-state index in [-0.39, 0.29) is 5.56 Å². The number of ether oxygens (including phenoxy) is 1. The topological polar surface area (TPSA) is 156 Å². The van der Waals surface area contributed by atoms with Crippen LogP contribution in [0.1, 0.15) is 70.3 Å².